The first kappa shape index (κ1) is 41.7. The van der Waals surface area contributed by atoms with Crippen LogP contribution in [0.1, 0.15) is 25.0 Å². The number of benzene rings is 11. The quantitative estimate of drug-likeness (QED) is 0.135. The van der Waals surface area contributed by atoms with Gasteiger partial charge in [-0.1, -0.05) is 202 Å². The fourth-order valence-corrected chi connectivity index (χ4v) is 10.4. The fraction of sp³-hybridized carbons (Fsp3) is 0.0448. The molecule has 0 aliphatic heterocycles. The average Bonchev–Trinajstić information content (AvgIpc) is 3.64. The molecule has 0 heterocycles. The highest BCUT2D eigenvalue weighted by Gasteiger charge is 2.37. The minimum absolute atomic E-state index is 0.278. The smallest absolute Gasteiger partial charge is 0.0468 e. The maximum atomic E-state index is 2.43. The highest BCUT2D eigenvalue weighted by atomic mass is 15.1. The molecule has 328 valence electrons. The molecule has 0 bridgehead atoms. The van der Waals surface area contributed by atoms with Crippen LogP contribution in [-0.4, -0.2) is 0 Å². The molecule has 0 fully saturated rings. The van der Waals surface area contributed by atoms with E-state index in [0.717, 1.165) is 34.1 Å². The van der Waals surface area contributed by atoms with Crippen LogP contribution in [0.25, 0.3) is 66.4 Å². The number of fused-ring (bicyclic) bond motifs is 4. The van der Waals surface area contributed by atoms with Gasteiger partial charge in [-0.15, -0.1) is 0 Å². The Morgan fingerprint density at radius 3 is 1.01 bits per heavy atom. The molecule has 69 heavy (non-hydrogen) atoms. The maximum Gasteiger partial charge on any atom is 0.0468 e. The molecular weight excluding hydrogens is 833 g/mol. The van der Waals surface area contributed by atoms with Crippen LogP contribution in [0.3, 0.4) is 0 Å². The minimum Gasteiger partial charge on any atom is -0.310 e. The van der Waals surface area contributed by atoms with E-state index in [1.54, 1.807) is 0 Å². The van der Waals surface area contributed by atoms with Gasteiger partial charge in [-0.2, -0.15) is 0 Å². The van der Waals surface area contributed by atoms with Crippen molar-refractivity contribution >= 4 is 44.9 Å². The highest BCUT2D eigenvalue weighted by molar-refractivity contribution is 5.92. The summed E-state index contributed by atoms with van der Waals surface area (Å²) in [5.74, 6) is 0. The topological polar surface area (TPSA) is 6.48 Å². The SMILES string of the molecule is CC1(C)c2cc(N(c3ccc(-c4ccccc4)cc3)c3ccc(-c4ccccc4)cc3)ccc2-c2ccc(N(c3ccc(-c4cccc(-c5ccccc5)c4)cc3)c3ccc4ccccc4c3)cc21. The van der Waals surface area contributed by atoms with Crippen LogP contribution >= 0.6 is 0 Å². The summed E-state index contributed by atoms with van der Waals surface area (Å²) in [5.41, 5.74) is 21.2. The lowest BCUT2D eigenvalue weighted by Gasteiger charge is -2.29. The van der Waals surface area contributed by atoms with Gasteiger partial charge < -0.3 is 9.80 Å². The second-order valence-corrected chi connectivity index (χ2v) is 18.6. The van der Waals surface area contributed by atoms with E-state index in [1.807, 2.05) is 0 Å². The minimum atomic E-state index is -0.278. The van der Waals surface area contributed by atoms with Crippen LogP contribution in [0.5, 0.6) is 0 Å². The molecule has 0 unspecified atom stereocenters. The summed E-state index contributed by atoms with van der Waals surface area (Å²) in [4.78, 5) is 4.82. The molecule has 12 rings (SSSR count). The molecule has 2 heteroatoms. The van der Waals surface area contributed by atoms with Crippen LogP contribution in [0.4, 0.5) is 34.1 Å². The lowest BCUT2D eigenvalue weighted by molar-refractivity contribution is 0.660. The van der Waals surface area contributed by atoms with Crippen molar-refractivity contribution in [3.63, 3.8) is 0 Å². The van der Waals surface area contributed by atoms with Crippen molar-refractivity contribution in [2.45, 2.75) is 19.3 Å². The van der Waals surface area contributed by atoms with Gasteiger partial charge in [-0.05, 0) is 156 Å². The van der Waals surface area contributed by atoms with Gasteiger partial charge in [0.1, 0.15) is 0 Å². The fourth-order valence-electron chi connectivity index (χ4n) is 10.4. The Morgan fingerprint density at radius 1 is 0.232 bits per heavy atom. The Morgan fingerprint density at radius 2 is 0.551 bits per heavy atom. The summed E-state index contributed by atoms with van der Waals surface area (Å²) in [6.45, 7) is 4.77. The van der Waals surface area contributed by atoms with E-state index >= 15 is 0 Å². The second kappa shape index (κ2) is 17.5. The third-order valence-corrected chi connectivity index (χ3v) is 14.0. The molecule has 11 aromatic rings. The van der Waals surface area contributed by atoms with E-state index in [4.69, 9.17) is 0 Å². The number of hydrogen-bond donors (Lipinski definition) is 0. The lowest BCUT2D eigenvalue weighted by Crippen LogP contribution is -2.17. The Kier molecular flexibility index (Phi) is 10.6. The standard InChI is InChI=1S/C67H50N2/c1-67(2)65-45-61(68(57-32-25-51(26-33-57)47-15-6-3-7-16-47)58-34-27-52(28-35-58)48-17-8-4-9-18-48)39-41-63(65)64-42-40-62(46-66(64)67)69(60-38-31-50-21-12-13-22-56(50)44-60)59-36-29-53(30-37-59)55-24-14-23-54(43-55)49-19-10-5-11-20-49/h3-46H,1-2H3. The van der Waals surface area contributed by atoms with Gasteiger partial charge in [-0.3, -0.25) is 0 Å². The predicted octanol–water partition coefficient (Wildman–Crippen LogP) is 18.8. The molecule has 2 nitrogen and oxygen atoms in total. The highest BCUT2D eigenvalue weighted by Crippen LogP contribution is 2.53. The molecule has 11 aromatic carbocycles. The van der Waals surface area contributed by atoms with Crippen molar-refractivity contribution in [3.8, 4) is 55.6 Å². The summed E-state index contributed by atoms with van der Waals surface area (Å²) < 4.78 is 0. The van der Waals surface area contributed by atoms with Crippen molar-refractivity contribution in [1.82, 2.24) is 0 Å². The third-order valence-electron chi connectivity index (χ3n) is 14.0. The molecule has 0 spiro atoms. The van der Waals surface area contributed by atoms with E-state index in [-0.39, 0.29) is 5.41 Å². The third kappa shape index (κ3) is 7.86. The van der Waals surface area contributed by atoms with Crippen LogP contribution in [0.2, 0.25) is 0 Å². The Balaban J connectivity index is 0.924. The van der Waals surface area contributed by atoms with Gasteiger partial charge in [0.25, 0.3) is 0 Å². The molecule has 1 aliphatic carbocycles. The lowest BCUT2D eigenvalue weighted by atomic mass is 9.82. The monoisotopic (exact) mass is 882 g/mol. The second-order valence-electron chi connectivity index (χ2n) is 18.6. The summed E-state index contributed by atoms with van der Waals surface area (Å²) in [6.07, 6.45) is 0. The number of hydrogen-bond acceptors (Lipinski definition) is 2. The zero-order valence-corrected chi connectivity index (χ0v) is 38.8. The first-order chi connectivity index (χ1) is 33.9. The van der Waals surface area contributed by atoms with Crippen molar-refractivity contribution in [2.75, 3.05) is 9.80 Å². The molecule has 0 atom stereocenters. The van der Waals surface area contributed by atoms with E-state index in [1.165, 1.54) is 77.5 Å². The Hall–Kier alpha value is -8.72. The molecule has 1 aliphatic rings. The van der Waals surface area contributed by atoms with Gasteiger partial charge in [0.05, 0.1) is 0 Å². The molecular formula is C67H50N2. The van der Waals surface area contributed by atoms with E-state index in [2.05, 4.69) is 291 Å². The zero-order valence-electron chi connectivity index (χ0n) is 38.8. The van der Waals surface area contributed by atoms with E-state index in [9.17, 15) is 0 Å². The van der Waals surface area contributed by atoms with Crippen molar-refractivity contribution in [2.24, 2.45) is 0 Å². The molecule has 0 aromatic heterocycles. The molecule has 0 saturated carbocycles. The Labute approximate surface area is 405 Å². The Bertz CT molecular complexity index is 3510. The predicted molar refractivity (Wildman–Crippen MR) is 293 cm³/mol. The van der Waals surface area contributed by atoms with Gasteiger partial charge >= 0.3 is 0 Å². The zero-order chi connectivity index (χ0) is 46.3. The van der Waals surface area contributed by atoms with E-state index in [0.29, 0.717) is 0 Å². The number of nitrogens with zero attached hydrogens (tertiary/aromatic N) is 2. The van der Waals surface area contributed by atoms with Crippen LogP contribution in [0.15, 0.2) is 267 Å². The number of anilines is 6. The van der Waals surface area contributed by atoms with Crippen LogP contribution in [-0.2, 0) is 5.41 Å². The first-order valence-electron chi connectivity index (χ1n) is 23.9. The first-order valence-corrected chi connectivity index (χ1v) is 23.9. The normalized spacial score (nSPS) is 12.3. The van der Waals surface area contributed by atoms with Crippen LogP contribution in [0, 0.1) is 0 Å². The van der Waals surface area contributed by atoms with E-state index < -0.39 is 0 Å². The van der Waals surface area contributed by atoms with Crippen molar-refractivity contribution < 1.29 is 0 Å². The summed E-state index contributed by atoms with van der Waals surface area (Å²) in [7, 11) is 0. The van der Waals surface area contributed by atoms with Gasteiger partial charge in [0.15, 0.2) is 0 Å². The summed E-state index contributed by atoms with van der Waals surface area (Å²) in [6, 6.07) is 97.3. The van der Waals surface area contributed by atoms with Gasteiger partial charge in [0, 0.05) is 39.5 Å². The van der Waals surface area contributed by atoms with Gasteiger partial charge in [0.2, 0.25) is 0 Å². The maximum absolute atomic E-state index is 2.43. The largest absolute Gasteiger partial charge is 0.310 e. The summed E-state index contributed by atoms with van der Waals surface area (Å²) in [5, 5.41) is 2.44. The van der Waals surface area contributed by atoms with Crippen LogP contribution < -0.4 is 9.80 Å². The average molecular weight is 883 g/mol. The van der Waals surface area contributed by atoms with Gasteiger partial charge in [-0.25, -0.2) is 0 Å². The molecule has 0 amide bonds. The molecule has 0 N–H and O–H groups in total. The molecule has 0 saturated heterocycles. The van der Waals surface area contributed by atoms with Crippen molar-refractivity contribution in [1.29, 1.82) is 0 Å². The van der Waals surface area contributed by atoms with Crippen molar-refractivity contribution in [3.05, 3.63) is 278 Å². The molecule has 0 radical (unpaired) electrons. The summed E-state index contributed by atoms with van der Waals surface area (Å²) >= 11 is 0. The number of rotatable bonds is 10.